The van der Waals surface area contributed by atoms with Crippen molar-refractivity contribution in [1.82, 2.24) is 9.88 Å². The molecule has 2 aliphatic heterocycles. The summed E-state index contributed by atoms with van der Waals surface area (Å²) >= 11 is 12.2. The van der Waals surface area contributed by atoms with Crippen molar-refractivity contribution in [1.29, 1.82) is 0 Å². The molecule has 6 nitrogen and oxygen atoms in total. The quantitative estimate of drug-likeness (QED) is 0.692. The molecule has 0 saturated carbocycles. The maximum Gasteiger partial charge on any atom is 0.255 e. The van der Waals surface area contributed by atoms with Gasteiger partial charge in [0.2, 0.25) is 0 Å². The summed E-state index contributed by atoms with van der Waals surface area (Å²) in [5.41, 5.74) is 1.10. The van der Waals surface area contributed by atoms with Crippen LogP contribution in [0.15, 0.2) is 36.5 Å². The molecular weight excluding hydrogens is 435 g/mol. The van der Waals surface area contributed by atoms with Gasteiger partial charge in [-0.25, -0.2) is 4.98 Å². The first-order chi connectivity index (χ1) is 15.0. The first-order valence-corrected chi connectivity index (χ1v) is 11.6. The molecule has 2 saturated heterocycles. The zero-order valence-electron chi connectivity index (χ0n) is 17.4. The van der Waals surface area contributed by atoms with E-state index in [0.29, 0.717) is 27.2 Å². The van der Waals surface area contributed by atoms with E-state index in [2.05, 4.69) is 20.1 Å². The number of hydrogen-bond acceptors (Lipinski definition) is 5. The van der Waals surface area contributed by atoms with E-state index in [-0.39, 0.29) is 12.0 Å². The number of carbonyl (C=O) groups is 1. The molecule has 4 rings (SSSR count). The standard InChI is InChI=1S/C23H28Cl2N4O2/c24-18-3-1-2-17(12-18)23(31)27-21-13-19(25)14-26-22(21)29-10-4-16(5-11-29)15-28-8-6-20(30)7-9-28/h1-3,12-14,16,20,30H,4-11,15H2,(H,27,31). The van der Waals surface area contributed by atoms with Gasteiger partial charge in [-0.15, -0.1) is 0 Å². The predicted octanol–water partition coefficient (Wildman–Crippen LogP) is 4.31. The lowest BCUT2D eigenvalue weighted by molar-refractivity contribution is 0.0724. The average molecular weight is 463 g/mol. The number of nitrogens with one attached hydrogen (secondary N) is 1. The maximum atomic E-state index is 12.7. The molecule has 1 amide bonds. The summed E-state index contributed by atoms with van der Waals surface area (Å²) in [6.07, 6.45) is 5.40. The number of carbonyl (C=O) groups excluding carboxylic acids is 1. The Balaban J connectivity index is 1.39. The molecule has 1 aromatic heterocycles. The lowest BCUT2D eigenvalue weighted by Gasteiger charge is -2.37. The summed E-state index contributed by atoms with van der Waals surface area (Å²) in [5.74, 6) is 1.15. The lowest BCUT2D eigenvalue weighted by Crippen LogP contribution is -2.42. The Morgan fingerprint density at radius 3 is 2.52 bits per heavy atom. The first kappa shape index (κ1) is 22.3. The van der Waals surface area contributed by atoms with Gasteiger partial charge >= 0.3 is 0 Å². The van der Waals surface area contributed by atoms with E-state index in [4.69, 9.17) is 23.2 Å². The van der Waals surface area contributed by atoms with Crippen LogP contribution in [0.3, 0.4) is 0 Å². The molecule has 166 valence electrons. The number of rotatable bonds is 5. The molecule has 2 aromatic rings. The van der Waals surface area contributed by atoms with Gasteiger partial charge in [-0.3, -0.25) is 4.79 Å². The lowest BCUT2D eigenvalue weighted by atomic mass is 9.95. The van der Waals surface area contributed by atoms with Crippen LogP contribution >= 0.6 is 23.2 Å². The van der Waals surface area contributed by atoms with Crippen molar-refractivity contribution in [3.8, 4) is 0 Å². The molecule has 2 aliphatic rings. The Hall–Kier alpha value is -1.86. The van der Waals surface area contributed by atoms with Crippen LogP contribution in [-0.2, 0) is 0 Å². The SMILES string of the molecule is O=C(Nc1cc(Cl)cnc1N1CCC(CN2CCC(O)CC2)CC1)c1cccc(Cl)c1. The van der Waals surface area contributed by atoms with Crippen molar-refractivity contribution < 1.29 is 9.90 Å². The second-order valence-corrected chi connectivity index (χ2v) is 9.32. The molecule has 2 N–H and O–H groups in total. The summed E-state index contributed by atoms with van der Waals surface area (Å²) in [5, 5.41) is 13.7. The fourth-order valence-electron chi connectivity index (χ4n) is 4.39. The zero-order valence-corrected chi connectivity index (χ0v) is 18.9. The van der Waals surface area contributed by atoms with Gasteiger partial charge in [0.15, 0.2) is 5.82 Å². The van der Waals surface area contributed by atoms with Crippen LogP contribution in [0.2, 0.25) is 10.0 Å². The first-order valence-electron chi connectivity index (χ1n) is 10.9. The van der Waals surface area contributed by atoms with Crippen molar-refractivity contribution >= 4 is 40.6 Å². The summed E-state index contributed by atoms with van der Waals surface area (Å²) in [7, 11) is 0. The number of benzene rings is 1. The largest absolute Gasteiger partial charge is 0.393 e. The van der Waals surface area contributed by atoms with E-state index < -0.39 is 0 Å². The smallest absolute Gasteiger partial charge is 0.255 e. The number of nitrogens with zero attached hydrogens (tertiary/aromatic N) is 3. The Kier molecular flexibility index (Phi) is 7.33. The number of anilines is 2. The van der Waals surface area contributed by atoms with Crippen molar-refractivity contribution in [2.45, 2.75) is 31.8 Å². The number of aliphatic hydroxyl groups is 1. The predicted molar refractivity (Wildman–Crippen MR) is 125 cm³/mol. The topological polar surface area (TPSA) is 68.7 Å². The Morgan fingerprint density at radius 2 is 1.81 bits per heavy atom. The van der Waals surface area contributed by atoms with Crippen LogP contribution in [0.1, 0.15) is 36.0 Å². The number of aliphatic hydroxyl groups excluding tert-OH is 1. The molecule has 0 aliphatic carbocycles. The number of likely N-dealkylation sites (tertiary alicyclic amines) is 1. The van der Waals surface area contributed by atoms with Crippen molar-refractivity contribution in [2.24, 2.45) is 5.92 Å². The number of aromatic nitrogens is 1. The Morgan fingerprint density at radius 1 is 1.06 bits per heavy atom. The van der Waals surface area contributed by atoms with Crippen LogP contribution in [0.5, 0.6) is 0 Å². The van der Waals surface area contributed by atoms with Crippen LogP contribution in [0.4, 0.5) is 11.5 Å². The van der Waals surface area contributed by atoms with Crippen molar-refractivity contribution in [3.63, 3.8) is 0 Å². The molecular formula is C23H28Cl2N4O2. The molecule has 8 heteroatoms. The highest BCUT2D eigenvalue weighted by molar-refractivity contribution is 6.31. The third-order valence-electron chi connectivity index (χ3n) is 6.16. The molecule has 0 radical (unpaired) electrons. The van der Waals surface area contributed by atoms with E-state index >= 15 is 0 Å². The normalized spacial score (nSPS) is 18.9. The van der Waals surface area contributed by atoms with Crippen LogP contribution in [0, 0.1) is 5.92 Å². The van der Waals surface area contributed by atoms with Crippen LogP contribution in [-0.4, -0.2) is 59.7 Å². The van der Waals surface area contributed by atoms with E-state index in [1.54, 1.807) is 36.5 Å². The minimum absolute atomic E-state index is 0.130. The third kappa shape index (κ3) is 5.89. The molecule has 0 unspecified atom stereocenters. The van der Waals surface area contributed by atoms with Gasteiger partial charge in [-0.2, -0.15) is 0 Å². The number of halogens is 2. The highest BCUT2D eigenvalue weighted by Crippen LogP contribution is 2.31. The van der Waals surface area contributed by atoms with E-state index in [1.165, 1.54) is 0 Å². The second kappa shape index (κ2) is 10.2. The number of piperidine rings is 2. The highest BCUT2D eigenvalue weighted by Gasteiger charge is 2.26. The Bertz CT molecular complexity index is 910. The number of amides is 1. The molecule has 1 aromatic carbocycles. The maximum absolute atomic E-state index is 12.7. The summed E-state index contributed by atoms with van der Waals surface area (Å²) in [6.45, 7) is 4.83. The van der Waals surface area contributed by atoms with Gasteiger partial charge < -0.3 is 20.2 Å². The Labute approximate surface area is 193 Å². The summed E-state index contributed by atoms with van der Waals surface area (Å²) in [6, 6.07) is 8.60. The molecule has 0 atom stereocenters. The van der Waals surface area contributed by atoms with Crippen LogP contribution < -0.4 is 10.2 Å². The number of hydrogen-bond donors (Lipinski definition) is 2. The third-order valence-corrected chi connectivity index (χ3v) is 6.60. The zero-order chi connectivity index (χ0) is 21.8. The summed E-state index contributed by atoms with van der Waals surface area (Å²) in [4.78, 5) is 22.0. The van der Waals surface area contributed by atoms with Gasteiger partial charge in [-0.1, -0.05) is 29.3 Å². The van der Waals surface area contributed by atoms with E-state index in [9.17, 15) is 9.90 Å². The second-order valence-electron chi connectivity index (χ2n) is 8.45. The van der Waals surface area contributed by atoms with Gasteiger partial charge in [0, 0.05) is 49.5 Å². The highest BCUT2D eigenvalue weighted by atomic mass is 35.5. The van der Waals surface area contributed by atoms with Crippen molar-refractivity contribution in [2.75, 3.05) is 42.9 Å². The van der Waals surface area contributed by atoms with Gasteiger partial charge in [0.25, 0.3) is 5.91 Å². The van der Waals surface area contributed by atoms with Gasteiger partial charge in [0.05, 0.1) is 16.8 Å². The van der Waals surface area contributed by atoms with Crippen molar-refractivity contribution in [3.05, 3.63) is 52.1 Å². The number of pyridine rings is 1. The molecule has 0 spiro atoms. The average Bonchev–Trinajstić information content (AvgIpc) is 2.76. The monoisotopic (exact) mass is 462 g/mol. The van der Waals surface area contributed by atoms with Gasteiger partial charge in [-0.05, 0) is 55.9 Å². The fourth-order valence-corrected chi connectivity index (χ4v) is 4.74. The molecule has 0 bridgehead atoms. The summed E-state index contributed by atoms with van der Waals surface area (Å²) < 4.78 is 0. The molecule has 31 heavy (non-hydrogen) atoms. The minimum atomic E-state index is -0.241. The molecule has 3 heterocycles. The van der Waals surface area contributed by atoms with E-state index in [0.717, 1.165) is 64.2 Å². The minimum Gasteiger partial charge on any atom is -0.393 e. The fraction of sp³-hybridized carbons (Fsp3) is 0.478. The van der Waals surface area contributed by atoms with Gasteiger partial charge in [0.1, 0.15) is 0 Å². The van der Waals surface area contributed by atoms with E-state index in [1.807, 2.05) is 0 Å². The van der Waals surface area contributed by atoms with Crippen LogP contribution in [0.25, 0.3) is 0 Å². The molecule has 2 fully saturated rings.